The van der Waals surface area contributed by atoms with E-state index >= 15 is 0 Å². The molecule has 17 heavy (non-hydrogen) atoms. The first-order chi connectivity index (χ1) is 8.20. The number of hydrogen-bond donors (Lipinski definition) is 0. The molecule has 1 heterocycles. The van der Waals surface area contributed by atoms with E-state index in [0.29, 0.717) is 24.0 Å². The van der Waals surface area contributed by atoms with Gasteiger partial charge in [-0.25, -0.2) is 4.98 Å². The van der Waals surface area contributed by atoms with Gasteiger partial charge in [-0.1, -0.05) is 0 Å². The lowest BCUT2D eigenvalue weighted by molar-refractivity contribution is -0.384. The molecule has 0 saturated heterocycles. The molecular formula is C11H9ClN2O3. The van der Waals surface area contributed by atoms with Crippen LogP contribution in [0.1, 0.15) is 5.89 Å². The van der Waals surface area contributed by atoms with E-state index in [1.54, 1.807) is 18.3 Å². The summed E-state index contributed by atoms with van der Waals surface area (Å²) in [4.78, 5) is 14.1. The molecule has 88 valence electrons. The van der Waals surface area contributed by atoms with Crippen LogP contribution in [0.25, 0.3) is 11.3 Å². The minimum atomic E-state index is -0.441. The molecule has 1 aromatic heterocycles. The molecule has 0 radical (unpaired) electrons. The number of aryl methyl sites for hydroxylation is 1. The first-order valence-corrected chi connectivity index (χ1v) is 5.49. The van der Waals surface area contributed by atoms with Gasteiger partial charge in [-0.2, -0.15) is 0 Å². The summed E-state index contributed by atoms with van der Waals surface area (Å²) in [6.45, 7) is 0. The van der Waals surface area contributed by atoms with E-state index in [9.17, 15) is 10.1 Å². The lowest BCUT2D eigenvalue weighted by atomic mass is 10.2. The quantitative estimate of drug-likeness (QED) is 0.476. The number of nitro groups is 1. The van der Waals surface area contributed by atoms with Gasteiger partial charge < -0.3 is 4.42 Å². The second-order valence-electron chi connectivity index (χ2n) is 3.36. The summed E-state index contributed by atoms with van der Waals surface area (Å²) in [5.74, 6) is 1.59. The Kier molecular flexibility index (Phi) is 3.39. The molecular weight excluding hydrogens is 244 g/mol. The van der Waals surface area contributed by atoms with Crippen molar-refractivity contribution in [2.24, 2.45) is 0 Å². The van der Waals surface area contributed by atoms with Crippen LogP contribution in [0.4, 0.5) is 5.69 Å². The highest BCUT2D eigenvalue weighted by Crippen LogP contribution is 2.23. The summed E-state index contributed by atoms with van der Waals surface area (Å²) in [6.07, 6.45) is 2.15. The number of nitrogens with zero attached hydrogens (tertiary/aromatic N) is 2. The number of nitro benzene ring substituents is 1. The molecule has 1 aromatic carbocycles. The van der Waals surface area contributed by atoms with E-state index in [0.717, 1.165) is 5.56 Å². The lowest BCUT2D eigenvalue weighted by Crippen LogP contribution is -1.86. The fourth-order valence-electron chi connectivity index (χ4n) is 1.39. The zero-order valence-electron chi connectivity index (χ0n) is 8.80. The van der Waals surface area contributed by atoms with Gasteiger partial charge in [0.1, 0.15) is 0 Å². The molecule has 6 heteroatoms. The van der Waals surface area contributed by atoms with Crippen molar-refractivity contribution < 1.29 is 9.34 Å². The maximum Gasteiger partial charge on any atom is 0.269 e. The van der Waals surface area contributed by atoms with Crippen molar-refractivity contribution >= 4 is 17.3 Å². The van der Waals surface area contributed by atoms with Crippen molar-refractivity contribution in [3.63, 3.8) is 0 Å². The highest BCUT2D eigenvalue weighted by Gasteiger charge is 2.08. The molecule has 0 aliphatic rings. The number of oxazole rings is 1. The fourth-order valence-corrected chi connectivity index (χ4v) is 1.55. The Hall–Kier alpha value is -1.88. The molecule has 0 saturated carbocycles. The van der Waals surface area contributed by atoms with Crippen molar-refractivity contribution in [1.29, 1.82) is 0 Å². The largest absolute Gasteiger partial charge is 0.441 e. The number of alkyl halides is 1. The molecule has 0 aliphatic heterocycles. The maximum atomic E-state index is 10.5. The molecule has 0 spiro atoms. The van der Waals surface area contributed by atoms with E-state index < -0.39 is 4.92 Å². The Bertz CT molecular complexity index is 522. The zero-order valence-corrected chi connectivity index (χ0v) is 9.55. The van der Waals surface area contributed by atoms with Gasteiger partial charge in [0.2, 0.25) is 0 Å². The van der Waals surface area contributed by atoms with Gasteiger partial charge in [-0.15, -0.1) is 11.6 Å². The number of non-ortho nitro benzene ring substituents is 1. The summed E-state index contributed by atoms with van der Waals surface area (Å²) in [6, 6.07) is 6.12. The molecule has 5 nitrogen and oxygen atoms in total. The molecule has 0 bridgehead atoms. The summed E-state index contributed by atoms with van der Waals surface area (Å²) >= 11 is 5.57. The number of rotatable bonds is 4. The van der Waals surface area contributed by atoms with Crippen LogP contribution in [-0.2, 0) is 6.42 Å². The first kappa shape index (κ1) is 11.6. The van der Waals surface area contributed by atoms with Crippen LogP contribution in [0.15, 0.2) is 34.9 Å². The Morgan fingerprint density at radius 3 is 2.65 bits per heavy atom. The van der Waals surface area contributed by atoms with Crippen molar-refractivity contribution in [2.45, 2.75) is 6.42 Å². The fraction of sp³-hybridized carbons (Fsp3) is 0.182. The molecule has 0 unspecified atom stereocenters. The van der Waals surface area contributed by atoms with E-state index in [-0.39, 0.29) is 5.69 Å². The van der Waals surface area contributed by atoms with Crippen LogP contribution >= 0.6 is 11.6 Å². The summed E-state index contributed by atoms with van der Waals surface area (Å²) in [5.41, 5.74) is 0.804. The minimum absolute atomic E-state index is 0.0502. The van der Waals surface area contributed by atoms with Gasteiger partial charge in [0.25, 0.3) is 5.69 Å². The number of benzene rings is 1. The smallest absolute Gasteiger partial charge is 0.269 e. The van der Waals surface area contributed by atoms with Crippen molar-refractivity contribution in [1.82, 2.24) is 4.98 Å². The van der Waals surface area contributed by atoms with Crippen LogP contribution in [-0.4, -0.2) is 15.8 Å². The van der Waals surface area contributed by atoms with Crippen LogP contribution in [0.5, 0.6) is 0 Å². The Morgan fingerprint density at radius 1 is 1.35 bits per heavy atom. The Morgan fingerprint density at radius 2 is 2.06 bits per heavy atom. The third-order valence-electron chi connectivity index (χ3n) is 2.22. The highest BCUT2D eigenvalue weighted by atomic mass is 35.5. The minimum Gasteiger partial charge on any atom is -0.441 e. The van der Waals surface area contributed by atoms with Crippen LogP contribution in [0, 0.1) is 10.1 Å². The van der Waals surface area contributed by atoms with Gasteiger partial charge >= 0.3 is 0 Å². The van der Waals surface area contributed by atoms with E-state index in [1.165, 1.54) is 12.1 Å². The topological polar surface area (TPSA) is 69.2 Å². The molecule has 0 fully saturated rings. The van der Waals surface area contributed by atoms with Gasteiger partial charge in [-0.05, 0) is 12.1 Å². The maximum absolute atomic E-state index is 10.5. The van der Waals surface area contributed by atoms with Crippen LogP contribution in [0.3, 0.4) is 0 Å². The van der Waals surface area contributed by atoms with Crippen molar-refractivity contribution in [3.8, 4) is 11.3 Å². The van der Waals surface area contributed by atoms with Crippen molar-refractivity contribution in [2.75, 3.05) is 5.88 Å². The average Bonchev–Trinajstić information content (AvgIpc) is 2.78. The Labute approximate surface area is 102 Å². The third kappa shape index (κ3) is 2.62. The van der Waals surface area contributed by atoms with E-state index in [1.807, 2.05) is 0 Å². The van der Waals surface area contributed by atoms with Crippen molar-refractivity contribution in [3.05, 3.63) is 46.5 Å². The molecule has 0 amide bonds. The van der Waals surface area contributed by atoms with E-state index in [4.69, 9.17) is 16.0 Å². The molecule has 2 aromatic rings. The Balaban J connectivity index is 2.23. The average molecular weight is 253 g/mol. The SMILES string of the molecule is O=[N+]([O-])c1ccc(-c2cnc(CCCl)o2)cc1. The molecule has 2 rings (SSSR count). The van der Waals surface area contributed by atoms with Gasteiger partial charge in [0, 0.05) is 30.0 Å². The molecule has 0 atom stereocenters. The van der Waals surface area contributed by atoms with Crippen LogP contribution in [0.2, 0.25) is 0 Å². The summed E-state index contributed by atoms with van der Waals surface area (Å²) < 4.78 is 5.45. The van der Waals surface area contributed by atoms with E-state index in [2.05, 4.69) is 4.98 Å². The molecule has 0 aliphatic carbocycles. The lowest BCUT2D eigenvalue weighted by Gasteiger charge is -1.95. The standard InChI is InChI=1S/C11H9ClN2O3/c12-6-5-11-13-7-10(17-11)8-1-3-9(4-2-8)14(15)16/h1-4,7H,5-6H2. The van der Waals surface area contributed by atoms with Gasteiger partial charge in [0.05, 0.1) is 11.1 Å². The number of aromatic nitrogens is 1. The predicted molar refractivity (Wildman–Crippen MR) is 63.0 cm³/mol. The monoisotopic (exact) mass is 252 g/mol. The predicted octanol–water partition coefficient (Wildman–Crippen LogP) is 3.03. The van der Waals surface area contributed by atoms with Gasteiger partial charge in [-0.3, -0.25) is 10.1 Å². The zero-order chi connectivity index (χ0) is 12.3. The number of halogens is 1. The van der Waals surface area contributed by atoms with Crippen LogP contribution < -0.4 is 0 Å². The van der Waals surface area contributed by atoms with Gasteiger partial charge in [0.15, 0.2) is 11.7 Å². The third-order valence-corrected chi connectivity index (χ3v) is 2.41. The molecule has 0 N–H and O–H groups in total. The summed E-state index contributed by atoms with van der Waals surface area (Å²) in [5, 5.41) is 10.5. The highest BCUT2D eigenvalue weighted by molar-refractivity contribution is 6.17. The normalized spacial score (nSPS) is 10.4. The number of hydrogen-bond acceptors (Lipinski definition) is 4. The summed E-state index contributed by atoms with van der Waals surface area (Å²) in [7, 11) is 0. The second-order valence-corrected chi connectivity index (χ2v) is 3.74. The second kappa shape index (κ2) is 4.97. The first-order valence-electron chi connectivity index (χ1n) is 4.96.